The Morgan fingerprint density at radius 1 is 1.05 bits per heavy atom. The second kappa shape index (κ2) is 6.94. The minimum Gasteiger partial charge on any atom is -0.465 e. The molecule has 20 heavy (non-hydrogen) atoms. The molecular weight excluding hydrogens is 256 g/mol. The molecular formula is C15H14N2O3. The molecule has 102 valence electrons. The second-order valence-electron chi connectivity index (χ2n) is 4.05. The molecule has 0 atom stereocenters. The molecule has 2 N–H and O–H groups in total. The van der Waals surface area contributed by atoms with Crippen molar-refractivity contribution in [1.82, 2.24) is 10.9 Å². The molecule has 0 saturated heterocycles. The summed E-state index contributed by atoms with van der Waals surface area (Å²) in [5.74, 6) is -0.144. The lowest BCUT2D eigenvalue weighted by Gasteiger charge is -2.05. The van der Waals surface area contributed by atoms with Gasteiger partial charge in [0.25, 0.3) is 5.91 Å². The lowest BCUT2D eigenvalue weighted by atomic mass is 10.1. The Morgan fingerprint density at radius 2 is 1.85 bits per heavy atom. The molecule has 1 aromatic heterocycles. The van der Waals surface area contributed by atoms with Gasteiger partial charge in [0, 0.05) is 6.08 Å². The Balaban J connectivity index is 1.74. The third-order valence-electron chi connectivity index (χ3n) is 2.47. The maximum atomic E-state index is 11.6. The van der Waals surface area contributed by atoms with Crippen LogP contribution in [-0.2, 0) is 16.0 Å². The fourth-order valence-electron chi connectivity index (χ4n) is 1.54. The molecule has 2 aromatic rings. The van der Waals surface area contributed by atoms with Gasteiger partial charge in [-0.1, -0.05) is 30.3 Å². The molecule has 0 saturated carbocycles. The molecule has 5 heteroatoms. The monoisotopic (exact) mass is 270 g/mol. The van der Waals surface area contributed by atoms with E-state index < -0.39 is 5.91 Å². The van der Waals surface area contributed by atoms with E-state index in [0.717, 1.165) is 5.56 Å². The van der Waals surface area contributed by atoms with Gasteiger partial charge in [-0.25, -0.2) is 0 Å². The number of amides is 2. The molecule has 0 spiro atoms. The zero-order valence-corrected chi connectivity index (χ0v) is 10.7. The summed E-state index contributed by atoms with van der Waals surface area (Å²) < 4.78 is 5.03. The predicted octanol–water partition coefficient (Wildman–Crippen LogP) is 1.68. The van der Waals surface area contributed by atoms with E-state index in [0.29, 0.717) is 5.76 Å². The van der Waals surface area contributed by atoms with Crippen LogP contribution in [0.4, 0.5) is 0 Å². The number of benzene rings is 1. The van der Waals surface area contributed by atoms with Crippen molar-refractivity contribution in [2.75, 3.05) is 0 Å². The maximum Gasteiger partial charge on any atom is 0.262 e. The molecule has 0 aliphatic rings. The first kappa shape index (κ1) is 13.6. The molecule has 2 rings (SSSR count). The molecule has 0 bridgehead atoms. The molecule has 1 heterocycles. The summed E-state index contributed by atoms with van der Waals surface area (Å²) in [6.07, 6.45) is 4.52. The highest BCUT2D eigenvalue weighted by molar-refractivity contribution is 5.92. The number of carbonyl (C=O) groups is 2. The van der Waals surface area contributed by atoms with E-state index in [2.05, 4.69) is 10.9 Å². The first-order valence-electron chi connectivity index (χ1n) is 6.08. The molecule has 0 aliphatic heterocycles. The summed E-state index contributed by atoms with van der Waals surface area (Å²) >= 11 is 0. The van der Waals surface area contributed by atoms with Crippen molar-refractivity contribution in [2.24, 2.45) is 0 Å². The third kappa shape index (κ3) is 4.45. The molecule has 5 nitrogen and oxygen atoms in total. The summed E-state index contributed by atoms with van der Waals surface area (Å²) in [6.45, 7) is 0. The van der Waals surface area contributed by atoms with Gasteiger partial charge in [0.2, 0.25) is 5.91 Å². The largest absolute Gasteiger partial charge is 0.465 e. The Kier molecular flexibility index (Phi) is 4.72. The van der Waals surface area contributed by atoms with E-state index in [4.69, 9.17) is 4.42 Å². The van der Waals surface area contributed by atoms with Gasteiger partial charge in [-0.3, -0.25) is 20.4 Å². The zero-order chi connectivity index (χ0) is 14.2. The van der Waals surface area contributed by atoms with Crippen molar-refractivity contribution < 1.29 is 14.0 Å². The smallest absolute Gasteiger partial charge is 0.262 e. The minimum absolute atomic E-state index is 0.211. The van der Waals surface area contributed by atoms with Crippen molar-refractivity contribution in [3.63, 3.8) is 0 Å². The van der Waals surface area contributed by atoms with E-state index in [1.54, 1.807) is 12.1 Å². The molecule has 0 unspecified atom stereocenters. The standard InChI is InChI=1S/C15H14N2O3/c18-14(9-8-13-7-4-10-20-13)16-17-15(19)11-12-5-2-1-3-6-12/h1-10H,11H2,(H,16,18)(H,17,19). The number of rotatable bonds is 4. The normalized spacial score (nSPS) is 10.4. The molecule has 0 fully saturated rings. The quantitative estimate of drug-likeness (QED) is 0.656. The van der Waals surface area contributed by atoms with Gasteiger partial charge in [0.1, 0.15) is 5.76 Å². The van der Waals surface area contributed by atoms with Crippen LogP contribution in [0, 0.1) is 0 Å². The number of hydrogen-bond acceptors (Lipinski definition) is 3. The van der Waals surface area contributed by atoms with Crippen LogP contribution in [0.3, 0.4) is 0 Å². The molecule has 0 radical (unpaired) electrons. The van der Waals surface area contributed by atoms with E-state index >= 15 is 0 Å². The number of carbonyl (C=O) groups excluding carboxylic acids is 2. The number of hydrazine groups is 1. The molecule has 0 aliphatic carbocycles. The van der Waals surface area contributed by atoms with Gasteiger partial charge < -0.3 is 4.42 Å². The van der Waals surface area contributed by atoms with Gasteiger partial charge in [0.05, 0.1) is 12.7 Å². The Bertz CT molecular complexity index is 589. The fraction of sp³-hybridized carbons (Fsp3) is 0.0667. The van der Waals surface area contributed by atoms with Gasteiger partial charge in [-0.15, -0.1) is 0 Å². The van der Waals surface area contributed by atoms with Crippen molar-refractivity contribution in [3.8, 4) is 0 Å². The van der Waals surface area contributed by atoms with Crippen molar-refractivity contribution in [1.29, 1.82) is 0 Å². The molecule has 1 aromatic carbocycles. The van der Waals surface area contributed by atoms with Crippen LogP contribution in [0.15, 0.2) is 59.2 Å². The summed E-state index contributed by atoms with van der Waals surface area (Å²) in [5.41, 5.74) is 5.52. The number of hydrogen-bond donors (Lipinski definition) is 2. The topological polar surface area (TPSA) is 71.3 Å². The lowest BCUT2D eigenvalue weighted by Crippen LogP contribution is -2.41. The minimum atomic E-state index is -0.428. The van der Waals surface area contributed by atoms with Gasteiger partial charge in [0.15, 0.2) is 0 Å². The maximum absolute atomic E-state index is 11.6. The van der Waals surface area contributed by atoms with E-state index in [-0.39, 0.29) is 12.3 Å². The van der Waals surface area contributed by atoms with Crippen LogP contribution < -0.4 is 10.9 Å². The van der Waals surface area contributed by atoms with Gasteiger partial charge in [-0.05, 0) is 23.8 Å². The SMILES string of the molecule is O=C(C=Cc1ccco1)NNC(=O)Cc1ccccc1. The average molecular weight is 270 g/mol. The van der Waals surface area contributed by atoms with E-state index in [1.807, 2.05) is 30.3 Å². The highest BCUT2D eigenvalue weighted by atomic mass is 16.3. The number of furan rings is 1. The van der Waals surface area contributed by atoms with Crippen molar-refractivity contribution >= 4 is 17.9 Å². The lowest BCUT2D eigenvalue weighted by molar-refractivity contribution is -0.126. The average Bonchev–Trinajstić information content (AvgIpc) is 2.97. The van der Waals surface area contributed by atoms with Crippen LogP contribution in [-0.4, -0.2) is 11.8 Å². The van der Waals surface area contributed by atoms with Crippen LogP contribution in [0.2, 0.25) is 0 Å². The van der Waals surface area contributed by atoms with Crippen LogP contribution in [0.25, 0.3) is 6.08 Å². The van der Waals surface area contributed by atoms with Crippen LogP contribution >= 0.6 is 0 Å². The van der Waals surface area contributed by atoms with E-state index in [9.17, 15) is 9.59 Å². The van der Waals surface area contributed by atoms with Crippen LogP contribution in [0.1, 0.15) is 11.3 Å². The van der Waals surface area contributed by atoms with Gasteiger partial charge in [-0.2, -0.15) is 0 Å². The summed E-state index contributed by atoms with van der Waals surface area (Å²) in [5, 5.41) is 0. The van der Waals surface area contributed by atoms with Crippen molar-refractivity contribution in [2.45, 2.75) is 6.42 Å². The first-order valence-corrected chi connectivity index (χ1v) is 6.08. The first-order chi connectivity index (χ1) is 9.74. The Morgan fingerprint density at radius 3 is 2.55 bits per heavy atom. The van der Waals surface area contributed by atoms with Gasteiger partial charge >= 0.3 is 0 Å². The fourth-order valence-corrected chi connectivity index (χ4v) is 1.54. The Hall–Kier alpha value is -2.82. The predicted molar refractivity (Wildman–Crippen MR) is 74.2 cm³/mol. The Labute approximate surface area is 116 Å². The summed E-state index contributed by atoms with van der Waals surface area (Å²) in [6, 6.07) is 12.7. The molecule has 2 amide bonds. The van der Waals surface area contributed by atoms with E-state index in [1.165, 1.54) is 18.4 Å². The van der Waals surface area contributed by atoms with Crippen LogP contribution in [0.5, 0.6) is 0 Å². The summed E-state index contributed by atoms with van der Waals surface area (Å²) in [4.78, 5) is 23.0. The second-order valence-corrected chi connectivity index (χ2v) is 4.05. The van der Waals surface area contributed by atoms with Crippen molar-refractivity contribution in [3.05, 3.63) is 66.1 Å². The number of nitrogens with one attached hydrogen (secondary N) is 2. The third-order valence-corrected chi connectivity index (χ3v) is 2.47. The highest BCUT2D eigenvalue weighted by Crippen LogP contribution is 2.01. The zero-order valence-electron chi connectivity index (χ0n) is 10.7. The highest BCUT2D eigenvalue weighted by Gasteiger charge is 2.03. The summed E-state index contributed by atoms with van der Waals surface area (Å²) in [7, 11) is 0.